The molecule has 0 amide bonds. The predicted octanol–water partition coefficient (Wildman–Crippen LogP) is 4.49. The summed E-state index contributed by atoms with van der Waals surface area (Å²) in [6, 6.07) is 7.01. The van der Waals surface area contributed by atoms with Gasteiger partial charge in [0.2, 0.25) is 0 Å². The van der Waals surface area contributed by atoms with E-state index in [0.29, 0.717) is 11.9 Å². The highest BCUT2D eigenvalue weighted by molar-refractivity contribution is 6.17. The Morgan fingerprint density at radius 1 is 1.42 bits per heavy atom. The number of benzene rings is 1. The first-order valence-corrected chi connectivity index (χ1v) is 7.78. The van der Waals surface area contributed by atoms with Crippen LogP contribution >= 0.6 is 11.6 Å². The number of halogens is 1. The molecule has 1 heterocycles. The van der Waals surface area contributed by atoms with Gasteiger partial charge in [0.15, 0.2) is 0 Å². The van der Waals surface area contributed by atoms with Gasteiger partial charge in [0.05, 0.1) is 11.0 Å². The van der Waals surface area contributed by atoms with Crippen LogP contribution in [-0.4, -0.2) is 15.4 Å². The van der Waals surface area contributed by atoms with Crippen LogP contribution in [0.3, 0.4) is 0 Å². The van der Waals surface area contributed by atoms with E-state index in [1.54, 1.807) is 0 Å². The summed E-state index contributed by atoms with van der Waals surface area (Å²) in [5, 5.41) is 0. The van der Waals surface area contributed by atoms with Crippen LogP contribution in [0.1, 0.15) is 43.6 Å². The molecule has 1 fully saturated rings. The number of hydrogen-bond donors (Lipinski definition) is 0. The summed E-state index contributed by atoms with van der Waals surface area (Å²) < 4.78 is 2.44. The van der Waals surface area contributed by atoms with E-state index >= 15 is 0 Å². The van der Waals surface area contributed by atoms with Gasteiger partial charge < -0.3 is 4.57 Å². The molecule has 0 radical (unpaired) electrons. The van der Waals surface area contributed by atoms with E-state index in [0.717, 1.165) is 23.7 Å². The minimum Gasteiger partial charge on any atom is -0.325 e. The number of imidazole rings is 1. The van der Waals surface area contributed by atoms with Gasteiger partial charge in [-0.05, 0) is 44.2 Å². The number of hydrogen-bond acceptors (Lipinski definition) is 1. The number of aryl methyl sites for hydroxylation is 2. The fraction of sp³-hybridized carbons (Fsp3) is 0.562. The van der Waals surface area contributed by atoms with E-state index in [-0.39, 0.29) is 0 Å². The Hall–Kier alpha value is -1.02. The van der Waals surface area contributed by atoms with Gasteiger partial charge in [-0.15, -0.1) is 11.6 Å². The van der Waals surface area contributed by atoms with E-state index in [4.69, 9.17) is 16.6 Å². The van der Waals surface area contributed by atoms with Crippen molar-refractivity contribution >= 4 is 22.6 Å². The number of alkyl halides is 1. The molecular formula is C16H21ClN2. The molecule has 1 aromatic carbocycles. The molecule has 0 spiro atoms. The van der Waals surface area contributed by atoms with Crippen LogP contribution in [0.25, 0.3) is 11.0 Å². The Morgan fingerprint density at radius 3 is 2.84 bits per heavy atom. The molecular weight excluding hydrogens is 256 g/mol. The summed E-state index contributed by atoms with van der Waals surface area (Å²) in [4.78, 5) is 4.84. The van der Waals surface area contributed by atoms with Crippen molar-refractivity contribution in [3.63, 3.8) is 0 Å². The SMILES string of the molecule is Cc1cccc2c1nc(CCCl)n2C(C)C1CCC1. The Morgan fingerprint density at radius 2 is 2.21 bits per heavy atom. The Balaban J connectivity index is 2.13. The summed E-state index contributed by atoms with van der Waals surface area (Å²) in [6.07, 6.45) is 4.94. The van der Waals surface area contributed by atoms with Crippen molar-refractivity contribution in [2.24, 2.45) is 5.92 Å². The van der Waals surface area contributed by atoms with Crippen LogP contribution in [0.2, 0.25) is 0 Å². The Kier molecular flexibility index (Phi) is 3.53. The molecule has 19 heavy (non-hydrogen) atoms. The molecule has 0 bridgehead atoms. The van der Waals surface area contributed by atoms with Crippen molar-refractivity contribution in [1.29, 1.82) is 0 Å². The molecule has 3 rings (SSSR count). The molecule has 1 aliphatic carbocycles. The number of rotatable bonds is 4. The second kappa shape index (κ2) is 5.16. The fourth-order valence-corrected chi connectivity index (χ4v) is 3.32. The first kappa shape index (κ1) is 13.0. The molecule has 2 aromatic rings. The average Bonchev–Trinajstić information content (AvgIpc) is 2.67. The van der Waals surface area contributed by atoms with Crippen LogP contribution in [0, 0.1) is 12.8 Å². The summed E-state index contributed by atoms with van der Waals surface area (Å²) in [5.41, 5.74) is 3.68. The van der Waals surface area contributed by atoms with Gasteiger partial charge in [0.1, 0.15) is 5.82 Å². The molecule has 1 aliphatic rings. The van der Waals surface area contributed by atoms with Crippen molar-refractivity contribution in [2.45, 2.75) is 45.6 Å². The van der Waals surface area contributed by atoms with Gasteiger partial charge in [-0.1, -0.05) is 18.6 Å². The van der Waals surface area contributed by atoms with E-state index in [1.165, 1.54) is 30.3 Å². The topological polar surface area (TPSA) is 17.8 Å². The van der Waals surface area contributed by atoms with Crippen molar-refractivity contribution in [2.75, 3.05) is 5.88 Å². The highest BCUT2D eigenvalue weighted by Gasteiger charge is 2.27. The summed E-state index contributed by atoms with van der Waals surface area (Å²) in [6.45, 7) is 4.48. The third-order valence-electron chi connectivity index (χ3n) is 4.55. The van der Waals surface area contributed by atoms with Gasteiger partial charge in [-0.2, -0.15) is 0 Å². The average molecular weight is 277 g/mol. The van der Waals surface area contributed by atoms with Crippen LogP contribution < -0.4 is 0 Å². The van der Waals surface area contributed by atoms with Crippen molar-refractivity contribution < 1.29 is 0 Å². The molecule has 1 saturated carbocycles. The third-order valence-corrected chi connectivity index (χ3v) is 4.74. The predicted molar refractivity (Wildman–Crippen MR) is 80.9 cm³/mol. The zero-order valence-corrected chi connectivity index (χ0v) is 12.5. The maximum absolute atomic E-state index is 5.95. The zero-order valence-electron chi connectivity index (χ0n) is 11.7. The van der Waals surface area contributed by atoms with Gasteiger partial charge >= 0.3 is 0 Å². The lowest BCUT2D eigenvalue weighted by molar-refractivity contribution is 0.223. The molecule has 1 aromatic heterocycles. The number of para-hydroxylation sites is 1. The fourth-order valence-electron chi connectivity index (χ4n) is 3.15. The first-order chi connectivity index (χ1) is 9.22. The maximum atomic E-state index is 5.95. The lowest BCUT2D eigenvalue weighted by Crippen LogP contribution is -2.24. The largest absolute Gasteiger partial charge is 0.325 e. The Bertz CT molecular complexity index is 584. The summed E-state index contributed by atoms with van der Waals surface area (Å²) in [5.74, 6) is 2.60. The van der Waals surface area contributed by atoms with Crippen LogP contribution in [-0.2, 0) is 6.42 Å². The minimum atomic E-state index is 0.541. The maximum Gasteiger partial charge on any atom is 0.111 e. The molecule has 0 saturated heterocycles. The van der Waals surface area contributed by atoms with Gasteiger partial charge in [0.25, 0.3) is 0 Å². The highest BCUT2D eigenvalue weighted by atomic mass is 35.5. The van der Waals surface area contributed by atoms with Crippen molar-refractivity contribution in [3.05, 3.63) is 29.6 Å². The number of nitrogens with zero attached hydrogens (tertiary/aromatic N) is 2. The molecule has 2 nitrogen and oxygen atoms in total. The number of aromatic nitrogens is 2. The molecule has 0 aliphatic heterocycles. The second-order valence-electron chi connectivity index (χ2n) is 5.71. The second-order valence-corrected chi connectivity index (χ2v) is 6.09. The molecule has 1 unspecified atom stereocenters. The van der Waals surface area contributed by atoms with Gasteiger partial charge in [0, 0.05) is 18.3 Å². The summed E-state index contributed by atoms with van der Waals surface area (Å²) >= 11 is 5.95. The van der Waals surface area contributed by atoms with E-state index in [9.17, 15) is 0 Å². The normalized spacial score (nSPS) is 17.6. The van der Waals surface area contributed by atoms with Crippen molar-refractivity contribution in [3.8, 4) is 0 Å². The van der Waals surface area contributed by atoms with Crippen molar-refractivity contribution in [1.82, 2.24) is 9.55 Å². The minimum absolute atomic E-state index is 0.541. The monoisotopic (exact) mass is 276 g/mol. The molecule has 1 atom stereocenters. The van der Waals surface area contributed by atoms with Gasteiger partial charge in [-0.25, -0.2) is 4.98 Å². The molecule has 102 valence electrons. The van der Waals surface area contributed by atoms with E-state index in [1.807, 2.05) is 0 Å². The molecule has 0 N–H and O–H groups in total. The third kappa shape index (κ3) is 2.16. The summed E-state index contributed by atoms with van der Waals surface area (Å²) in [7, 11) is 0. The number of fused-ring (bicyclic) bond motifs is 1. The standard InChI is InChI=1S/C16H21ClN2/c1-11-5-3-8-14-16(11)18-15(9-10-17)19(14)12(2)13-6-4-7-13/h3,5,8,12-13H,4,6-7,9-10H2,1-2H3. The lowest BCUT2D eigenvalue weighted by Gasteiger charge is -2.33. The first-order valence-electron chi connectivity index (χ1n) is 7.24. The van der Waals surface area contributed by atoms with E-state index in [2.05, 4.69) is 36.6 Å². The van der Waals surface area contributed by atoms with Crippen LogP contribution in [0.5, 0.6) is 0 Å². The molecule has 3 heteroatoms. The highest BCUT2D eigenvalue weighted by Crippen LogP contribution is 2.38. The lowest BCUT2D eigenvalue weighted by atomic mass is 9.80. The van der Waals surface area contributed by atoms with Crippen LogP contribution in [0.15, 0.2) is 18.2 Å². The van der Waals surface area contributed by atoms with Crippen LogP contribution in [0.4, 0.5) is 0 Å². The smallest absolute Gasteiger partial charge is 0.111 e. The Labute approximate surface area is 119 Å². The quantitative estimate of drug-likeness (QED) is 0.753. The van der Waals surface area contributed by atoms with Gasteiger partial charge in [-0.3, -0.25) is 0 Å². The van der Waals surface area contributed by atoms with E-state index < -0.39 is 0 Å². The zero-order chi connectivity index (χ0) is 13.4.